The topological polar surface area (TPSA) is 104 Å². The van der Waals surface area contributed by atoms with Gasteiger partial charge in [-0.3, -0.25) is 4.79 Å². The van der Waals surface area contributed by atoms with Crippen molar-refractivity contribution >= 4 is 23.5 Å². The van der Waals surface area contributed by atoms with E-state index in [-0.39, 0.29) is 17.5 Å². The van der Waals surface area contributed by atoms with Gasteiger partial charge in [0.2, 0.25) is 11.1 Å². The first-order valence-corrected chi connectivity index (χ1v) is 10.4. The number of carbonyl (C=O) groups is 1. The number of halogens is 1. The monoisotopic (exact) mass is 437 g/mol. The first-order chi connectivity index (χ1) is 14.9. The van der Waals surface area contributed by atoms with Crippen molar-refractivity contribution < 1.29 is 9.18 Å². The van der Waals surface area contributed by atoms with E-state index in [1.54, 1.807) is 22.9 Å². The van der Waals surface area contributed by atoms with Crippen molar-refractivity contribution in [3.63, 3.8) is 0 Å². The van der Waals surface area contributed by atoms with Crippen LogP contribution in [0, 0.1) is 19.7 Å². The maximum atomic E-state index is 13.1. The fourth-order valence-corrected chi connectivity index (χ4v) is 3.61. The fourth-order valence-electron chi connectivity index (χ4n) is 2.95. The van der Waals surface area contributed by atoms with Crippen LogP contribution in [0.25, 0.3) is 17.1 Å². The Hall–Kier alpha value is -3.66. The predicted octanol–water partition coefficient (Wildman–Crippen LogP) is 3.33. The first-order valence-electron chi connectivity index (χ1n) is 9.43. The third-order valence-corrected chi connectivity index (χ3v) is 5.42. The number of thioether (sulfide) groups is 1. The van der Waals surface area contributed by atoms with Crippen molar-refractivity contribution in [1.29, 1.82) is 0 Å². The molecule has 0 aliphatic carbocycles. The summed E-state index contributed by atoms with van der Waals surface area (Å²) >= 11 is 1.15. The number of nitrogen functional groups attached to an aromatic ring is 1. The van der Waals surface area contributed by atoms with Gasteiger partial charge in [-0.25, -0.2) is 13.7 Å². The summed E-state index contributed by atoms with van der Waals surface area (Å²) < 4.78 is 16.1. The lowest BCUT2D eigenvalue weighted by Crippen LogP contribution is -2.18. The molecule has 0 unspecified atom stereocenters. The van der Waals surface area contributed by atoms with Crippen LogP contribution in [0.2, 0.25) is 0 Å². The van der Waals surface area contributed by atoms with Crippen molar-refractivity contribution in [2.45, 2.75) is 19.0 Å². The smallest absolute Gasteiger partial charge is 0.236 e. The molecule has 3 N–H and O–H groups in total. The number of rotatable bonds is 6. The number of aryl methyl sites for hydroxylation is 2. The van der Waals surface area contributed by atoms with Crippen molar-refractivity contribution in [1.82, 2.24) is 24.7 Å². The van der Waals surface area contributed by atoms with Crippen LogP contribution in [0.5, 0.6) is 0 Å². The Kier molecular flexibility index (Phi) is 5.72. The second-order valence-corrected chi connectivity index (χ2v) is 7.88. The van der Waals surface area contributed by atoms with E-state index in [0.29, 0.717) is 22.4 Å². The van der Waals surface area contributed by atoms with E-state index in [1.807, 2.05) is 38.1 Å². The summed E-state index contributed by atoms with van der Waals surface area (Å²) in [4.78, 5) is 12.5. The Morgan fingerprint density at radius 3 is 2.52 bits per heavy atom. The van der Waals surface area contributed by atoms with Crippen molar-refractivity contribution in [3.8, 4) is 17.1 Å². The molecule has 0 aliphatic heterocycles. The van der Waals surface area contributed by atoms with Crippen LogP contribution >= 0.6 is 11.8 Å². The van der Waals surface area contributed by atoms with Crippen molar-refractivity contribution in [2.24, 2.45) is 0 Å². The third-order valence-electron chi connectivity index (χ3n) is 4.48. The summed E-state index contributed by atoms with van der Waals surface area (Å²) in [5.41, 5.74) is 3.41. The summed E-state index contributed by atoms with van der Waals surface area (Å²) in [5, 5.41) is 15.8. The van der Waals surface area contributed by atoms with E-state index in [9.17, 15) is 9.18 Å². The van der Waals surface area contributed by atoms with Gasteiger partial charge in [0.25, 0.3) is 0 Å². The maximum absolute atomic E-state index is 13.1. The minimum atomic E-state index is -0.349. The Labute approximate surface area is 182 Å². The second kappa shape index (κ2) is 8.60. The van der Waals surface area contributed by atoms with Crippen LogP contribution in [-0.2, 0) is 4.79 Å². The van der Waals surface area contributed by atoms with E-state index in [1.165, 1.54) is 16.8 Å². The summed E-state index contributed by atoms with van der Waals surface area (Å²) in [6.45, 7) is 3.87. The van der Waals surface area contributed by atoms with Gasteiger partial charge in [0.05, 0.1) is 17.1 Å². The average Bonchev–Trinajstić information content (AvgIpc) is 3.30. The lowest BCUT2D eigenvalue weighted by atomic mass is 10.2. The molecule has 0 bridgehead atoms. The molecule has 0 radical (unpaired) electrons. The second-order valence-electron chi connectivity index (χ2n) is 6.94. The first kappa shape index (κ1) is 20.6. The number of nitrogens with two attached hydrogens (primary N) is 1. The minimum Gasteiger partial charge on any atom is -0.335 e. The number of nitrogens with one attached hydrogen (secondary N) is 1. The molecule has 0 fully saturated rings. The van der Waals surface area contributed by atoms with E-state index in [2.05, 4.69) is 20.6 Å². The molecule has 31 heavy (non-hydrogen) atoms. The molecule has 0 saturated carbocycles. The van der Waals surface area contributed by atoms with Gasteiger partial charge in [0.1, 0.15) is 11.6 Å². The molecule has 4 rings (SSSR count). The summed E-state index contributed by atoms with van der Waals surface area (Å²) in [5.74, 6) is 6.52. The zero-order valence-corrected chi connectivity index (χ0v) is 17.7. The highest BCUT2D eigenvalue weighted by Crippen LogP contribution is 2.23. The van der Waals surface area contributed by atoms with Gasteiger partial charge in [-0.2, -0.15) is 5.10 Å². The van der Waals surface area contributed by atoms with Crippen LogP contribution < -0.4 is 11.2 Å². The molecule has 1 amide bonds. The number of nitrogens with zero attached hydrogens (tertiary/aromatic N) is 5. The number of hydrogen-bond acceptors (Lipinski definition) is 6. The molecule has 8 nitrogen and oxygen atoms in total. The Morgan fingerprint density at radius 1 is 1.10 bits per heavy atom. The minimum absolute atomic E-state index is 0.0802. The molecule has 2 heterocycles. The van der Waals surface area contributed by atoms with Gasteiger partial charge in [-0.05, 0) is 50.2 Å². The maximum Gasteiger partial charge on any atom is 0.236 e. The van der Waals surface area contributed by atoms with Crippen molar-refractivity contribution in [2.75, 3.05) is 16.9 Å². The standard InChI is InChI=1S/C21H20FN7OS/c1-13-3-9-17(10-4-13)29-18(11-14(2)27-29)24-19(30)12-31-21-26-25-20(28(21)23)15-5-7-16(22)8-6-15/h3-11H,12,23H2,1-2H3,(H,24,30). The predicted molar refractivity (Wildman–Crippen MR) is 118 cm³/mol. The zero-order chi connectivity index (χ0) is 22.0. The molecule has 10 heteroatoms. The molecular formula is C21H20FN7OS. The Bertz CT molecular complexity index is 1220. The summed E-state index contributed by atoms with van der Waals surface area (Å²) in [6.07, 6.45) is 0. The highest BCUT2D eigenvalue weighted by molar-refractivity contribution is 7.99. The molecule has 2 aromatic carbocycles. The van der Waals surface area contributed by atoms with E-state index in [4.69, 9.17) is 5.84 Å². The molecular weight excluding hydrogens is 417 g/mol. The zero-order valence-electron chi connectivity index (χ0n) is 16.9. The number of aromatic nitrogens is 5. The van der Waals surface area contributed by atoms with Gasteiger partial charge >= 0.3 is 0 Å². The van der Waals surface area contributed by atoms with Gasteiger partial charge in [-0.15, -0.1) is 10.2 Å². The van der Waals surface area contributed by atoms with Gasteiger partial charge in [0, 0.05) is 11.6 Å². The van der Waals surface area contributed by atoms with Crippen LogP contribution in [0.3, 0.4) is 0 Å². The summed E-state index contributed by atoms with van der Waals surface area (Å²) in [7, 11) is 0. The van der Waals surface area contributed by atoms with Crippen LogP contribution in [0.4, 0.5) is 10.2 Å². The SMILES string of the molecule is Cc1ccc(-n2nc(C)cc2NC(=O)CSc2nnc(-c3ccc(F)cc3)n2N)cc1. The highest BCUT2D eigenvalue weighted by Gasteiger charge is 2.16. The van der Waals surface area contributed by atoms with E-state index >= 15 is 0 Å². The molecule has 0 atom stereocenters. The Balaban J connectivity index is 1.44. The number of benzene rings is 2. The number of hydrogen-bond donors (Lipinski definition) is 2. The van der Waals surface area contributed by atoms with Crippen LogP contribution in [0.15, 0.2) is 59.8 Å². The molecule has 4 aromatic rings. The fraction of sp³-hybridized carbons (Fsp3) is 0.143. The van der Waals surface area contributed by atoms with Crippen LogP contribution in [0.1, 0.15) is 11.3 Å². The van der Waals surface area contributed by atoms with Crippen LogP contribution in [-0.4, -0.2) is 36.3 Å². The van der Waals surface area contributed by atoms with Gasteiger partial charge < -0.3 is 11.2 Å². The highest BCUT2D eigenvalue weighted by atomic mass is 32.2. The molecule has 0 aliphatic rings. The quantitative estimate of drug-likeness (QED) is 0.354. The van der Waals surface area contributed by atoms with E-state index in [0.717, 1.165) is 28.7 Å². The number of carbonyl (C=O) groups excluding carboxylic acids is 1. The summed E-state index contributed by atoms with van der Waals surface area (Å²) in [6, 6.07) is 15.4. The average molecular weight is 438 g/mol. The largest absolute Gasteiger partial charge is 0.335 e. The molecule has 158 valence electrons. The molecule has 2 aromatic heterocycles. The number of amides is 1. The number of anilines is 1. The third kappa shape index (κ3) is 4.58. The lowest BCUT2D eigenvalue weighted by molar-refractivity contribution is -0.113. The van der Waals surface area contributed by atoms with Crippen molar-refractivity contribution in [3.05, 3.63) is 71.7 Å². The van der Waals surface area contributed by atoms with E-state index < -0.39 is 0 Å². The molecule has 0 saturated heterocycles. The molecule has 0 spiro atoms. The van der Waals surface area contributed by atoms with Gasteiger partial charge in [-0.1, -0.05) is 29.5 Å². The lowest BCUT2D eigenvalue weighted by Gasteiger charge is -2.09. The normalized spacial score (nSPS) is 10.9. The van der Waals surface area contributed by atoms with Gasteiger partial charge in [0.15, 0.2) is 5.82 Å². The Morgan fingerprint density at radius 2 is 1.81 bits per heavy atom.